The molecule has 0 aliphatic rings. The van der Waals surface area contributed by atoms with Crippen molar-refractivity contribution in [2.45, 2.75) is 32.4 Å². The lowest BCUT2D eigenvalue weighted by Crippen LogP contribution is -2.16. The van der Waals surface area contributed by atoms with Gasteiger partial charge in [0.25, 0.3) is 5.91 Å². The van der Waals surface area contributed by atoms with Crippen LogP contribution >= 0.6 is 0 Å². The number of carbonyl (C=O) groups excluding carboxylic acids is 1. The van der Waals surface area contributed by atoms with E-state index in [1.165, 1.54) is 12.1 Å². The molecule has 7 nitrogen and oxygen atoms in total. The lowest BCUT2D eigenvalue weighted by Gasteiger charge is -2.10. The van der Waals surface area contributed by atoms with Crippen LogP contribution in [0.2, 0.25) is 0 Å². The van der Waals surface area contributed by atoms with Crippen LogP contribution in [0.4, 0.5) is 19.0 Å². The number of nitrogens with zero attached hydrogens (tertiary/aromatic N) is 5. The van der Waals surface area contributed by atoms with Crippen LogP contribution in [0.15, 0.2) is 67.0 Å². The number of aryl methyl sites for hydroxylation is 1. The molecule has 0 fully saturated rings. The van der Waals surface area contributed by atoms with Gasteiger partial charge in [-0.1, -0.05) is 31.5 Å². The standard InChI is InChI=1S/C24H21F3N6O/c1-2-5-16-6-3-8-18(12-16)23(34)29-21-9-10-22(31-30-21)33-20(24(25,26)27)14-19(32-33)13-17-7-4-11-28-15-17/h3-4,6-12,14-15H,2,5,13H2,1H3,(H,29,30,34). The van der Waals surface area contributed by atoms with Crippen molar-refractivity contribution in [3.8, 4) is 5.82 Å². The fourth-order valence-corrected chi connectivity index (χ4v) is 3.46. The molecule has 34 heavy (non-hydrogen) atoms. The summed E-state index contributed by atoms with van der Waals surface area (Å²) >= 11 is 0. The highest BCUT2D eigenvalue weighted by atomic mass is 19.4. The number of aromatic nitrogens is 5. The van der Waals surface area contributed by atoms with Crippen LogP contribution in [0.25, 0.3) is 5.82 Å². The van der Waals surface area contributed by atoms with E-state index >= 15 is 0 Å². The number of carbonyl (C=O) groups is 1. The van der Waals surface area contributed by atoms with E-state index < -0.39 is 11.9 Å². The van der Waals surface area contributed by atoms with Crippen molar-refractivity contribution in [2.24, 2.45) is 0 Å². The van der Waals surface area contributed by atoms with E-state index in [0.29, 0.717) is 10.2 Å². The predicted molar refractivity (Wildman–Crippen MR) is 120 cm³/mol. The Hall–Kier alpha value is -4.08. The Bertz CT molecular complexity index is 1270. The first-order chi connectivity index (χ1) is 16.3. The van der Waals surface area contributed by atoms with Gasteiger partial charge in [-0.2, -0.15) is 18.3 Å². The molecule has 0 saturated carbocycles. The van der Waals surface area contributed by atoms with Gasteiger partial charge >= 0.3 is 6.18 Å². The van der Waals surface area contributed by atoms with E-state index in [9.17, 15) is 18.0 Å². The molecule has 4 rings (SSSR count). The summed E-state index contributed by atoms with van der Waals surface area (Å²) in [6.45, 7) is 2.05. The molecule has 3 heterocycles. The van der Waals surface area contributed by atoms with Crippen LogP contribution < -0.4 is 5.32 Å². The number of amides is 1. The lowest BCUT2D eigenvalue weighted by atomic mass is 10.1. The van der Waals surface area contributed by atoms with E-state index in [4.69, 9.17) is 0 Å². The third-order valence-electron chi connectivity index (χ3n) is 5.00. The number of halogens is 3. The summed E-state index contributed by atoms with van der Waals surface area (Å²) in [6.07, 6.45) is 0.503. The SMILES string of the molecule is CCCc1cccc(C(=O)Nc2ccc(-n3nc(Cc4cccnc4)cc3C(F)(F)F)nn2)c1. The molecule has 0 saturated heterocycles. The van der Waals surface area contributed by atoms with Crippen LogP contribution in [0.5, 0.6) is 0 Å². The van der Waals surface area contributed by atoms with Crippen LogP contribution in [0, 0.1) is 0 Å². The van der Waals surface area contributed by atoms with Gasteiger partial charge in [-0.3, -0.25) is 9.78 Å². The number of anilines is 1. The van der Waals surface area contributed by atoms with Crippen LogP contribution in [0.1, 0.15) is 46.2 Å². The molecular formula is C24H21F3N6O. The fraction of sp³-hybridized carbons (Fsp3) is 0.208. The van der Waals surface area contributed by atoms with Crippen LogP contribution in [-0.2, 0) is 19.0 Å². The zero-order chi connectivity index (χ0) is 24.1. The third-order valence-corrected chi connectivity index (χ3v) is 5.00. The predicted octanol–water partition coefficient (Wildman–Crippen LogP) is 4.87. The molecule has 0 radical (unpaired) electrons. The first kappa shape index (κ1) is 23.1. The van der Waals surface area contributed by atoms with Crippen molar-refractivity contribution in [2.75, 3.05) is 5.32 Å². The lowest BCUT2D eigenvalue weighted by molar-refractivity contribution is -0.142. The van der Waals surface area contributed by atoms with E-state index in [2.05, 4.69) is 32.5 Å². The topological polar surface area (TPSA) is 85.6 Å². The molecule has 3 aromatic heterocycles. The van der Waals surface area contributed by atoms with Crippen LogP contribution in [-0.4, -0.2) is 30.9 Å². The number of alkyl halides is 3. The molecule has 10 heteroatoms. The molecule has 0 aliphatic heterocycles. The molecule has 0 aliphatic carbocycles. The van der Waals surface area contributed by atoms with Gasteiger partial charge in [-0.15, -0.1) is 10.2 Å². The maximum atomic E-state index is 13.6. The fourth-order valence-electron chi connectivity index (χ4n) is 3.46. The number of nitrogens with one attached hydrogen (secondary N) is 1. The minimum atomic E-state index is -4.64. The number of rotatable bonds is 7. The largest absolute Gasteiger partial charge is 0.433 e. The van der Waals surface area contributed by atoms with E-state index in [1.807, 2.05) is 6.07 Å². The smallest absolute Gasteiger partial charge is 0.305 e. The Kier molecular flexibility index (Phi) is 6.67. The maximum Gasteiger partial charge on any atom is 0.433 e. The second-order valence-corrected chi connectivity index (χ2v) is 7.65. The van der Waals surface area contributed by atoms with Crippen molar-refractivity contribution in [1.82, 2.24) is 25.0 Å². The highest BCUT2D eigenvalue weighted by Crippen LogP contribution is 2.31. The molecule has 0 atom stereocenters. The highest BCUT2D eigenvalue weighted by Gasteiger charge is 2.36. The molecule has 1 amide bonds. The first-order valence-corrected chi connectivity index (χ1v) is 10.6. The second-order valence-electron chi connectivity index (χ2n) is 7.65. The Morgan fingerprint density at radius 2 is 1.85 bits per heavy atom. The van der Waals surface area contributed by atoms with Gasteiger partial charge in [0.05, 0.1) is 5.69 Å². The number of hydrogen-bond donors (Lipinski definition) is 1. The van der Waals surface area contributed by atoms with E-state index in [0.717, 1.165) is 30.0 Å². The van der Waals surface area contributed by atoms with Gasteiger partial charge in [-0.05, 0) is 53.9 Å². The summed E-state index contributed by atoms with van der Waals surface area (Å²) in [5.74, 6) is -0.382. The molecule has 0 spiro atoms. The monoisotopic (exact) mass is 466 g/mol. The van der Waals surface area contributed by atoms with Gasteiger partial charge in [0.2, 0.25) is 0 Å². The molecule has 0 unspecified atom stereocenters. The third kappa shape index (κ3) is 5.45. The van der Waals surface area contributed by atoms with E-state index in [-0.39, 0.29) is 29.7 Å². The van der Waals surface area contributed by atoms with Gasteiger partial charge in [0.1, 0.15) is 5.69 Å². The van der Waals surface area contributed by atoms with Crippen molar-refractivity contribution in [3.05, 3.63) is 95.1 Å². The van der Waals surface area contributed by atoms with E-state index in [1.54, 1.807) is 42.7 Å². The Balaban J connectivity index is 1.55. The zero-order valence-corrected chi connectivity index (χ0v) is 18.3. The Morgan fingerprint density at radius 1 is 1.03 bits per heavy atom. The average molecular weight is 466 g/mol. The maximum absolute atomic E-state index is 13.6. The van der Waals surface area contributed by atoms with Gasteiger partial charge in [-0.25, -0.2) is 4.68 Å². The minimum absolute atomic E-state index is 0.117. The quantitative estimate of drug-likeness (QED) is 0.420. The van der Waals surface area contributed by atoms with Crippen LogP contribution in [0.3, 0.4) is 0 Å². The van der Waals surface area contributed by atoms with Gasteiger partial charge in [0, 0.05) is 24.4 Å². The summed E-state index contributed by atoms with van der Waals surface area (Å²) in [6, 6.07) is 14.4. The molecule has 1 N–H and O–H groups in total. The normalized spacial score (nSPS) is 11.4. The highest BCUT2D eigenvalue weighted by molar-refractivity contribution is 6.03. The van der Waals surface area contributed by atoms with Gasteiger partial charge in [0.15, 0.2) is 11.6 Å². The summed E-state index contributed by atoms with van der Waals surface area (Å²) in [5, 5.41) is 14.4. The molecule has 1 aromatic carbocycles. The van der Waals surface area contributed by atoms with Crippen molar-refractivity contribution in [3.63, 3.8) is 0 Å². The Morgan fingerprint density at radius 3 is 2.53 bits per heavy atom. The van der Waals surface area contributed by atoms with Crippen molar-refractivity contribution in [1.29, 1.82) is 0 Å². The zero-order valence-electron chi connectivity index (χ0n) is 18.3. The molecular weight excluding hydrogens is 445 g/mol. The number of hydrogen-bond acceptors (Lipinski definition) is 5. The molecule has 4 aromatic rings. The summed E-state index contributed by atoms with van der Waals surface area (Å²) in [4.78, 5) is 16.5. The molecule has 174 valence electrons. The average Bonchev–Trinajstić information content (AvgIpc) is 3.25. The second kappa shape index (κ2) is 9.82. The summed E-state index contributed by atoms with van der Waals surface area (Å²) < 4.78 is 41.6. The summed E-state index contributed by atoms with van der Waals surface area (Å²) in [5.41, 5.74) is 1.48. The number of pyridine rings is 1. The van der Waals surface area contributed by atoms with Crippen molar-refractivity contribution >= 4 is 11.7 Å². The first-order valence-electron chi connectivity index (χ1n) is 10.6. The molecule has 0 bridgehead atoms. The minimum Gasteiger partial charge on any atom is -0.305 e. The van der Waals surface area contributed by atoms with Gasteiger partial charge < -0.3 is 5.32 Å². The number of benzene rings is 1. The Labute approximate surface area is 193 Å². The van der Waals surface area contributed by atoms with Crippen molar-refractivity contribution < 1.29 is 18.0 Å². The summed E-state index contributed by atoms with van der Waals surface area (Å²) in [7, 11) is 0.